The first-order chi connectivity index (χ1) is 7.27. The van der Waals surface area contributed by atoms with Crippen molar-refractivity contribution in [2.75, 3.05) is 6.61 Å². The molecular weight excluding hydrogens is 188 g/mol. The van der Waals surface area contributed by atoms with Crippen LogP contribution in [-0.4, -0.2) is 21.3 Å². The highest BCUT2D eigenvalue weighted by Gasteiger charge is 2.45. The summed E-state index contributed by atoms with van der Waals surface area (Å²) in [6, 6.07) is 6.22. The lowest BCUT2D eigenvalue weighted by molar-refractivity contribution is 0.255. The van der Waals surface area contributed by atoms with Crippen molar-refractivity contribution in [3.05, 3.63) is 30.1 Å². The lowest BCUT2D eigenvalue weighted by Crippen LogP contribution is -2.12. The predicted octanol–water partition coefficient (Wildman–Crippen LogP) is 1.60. The van der Waals surface area contributed by atoms with Crippen molar-refractivity contribution in [2.45, 2.75) is 18.3 Å². The highest BCUT2D eigenvalue weighted by Crippen LogP contribution is 2.49. The molecule has 0 aliphatic heterocycles. The molecule has 0 bridgehead atoms. The Labute approximate surface area is 88.4 Å². The van der Waals surface area contributed by atoms with E-state index in [1.807, 2.05) is 17.9 Å². The van der Waals surface area contributed by atoms with E-state index < -0.39 is 0 Å². The molecule has 1 N–H and O–H groups in total. The number of hydrogen-bond acceptors (Lipinski definition) is 2. The molecule has 0 radical (unpaired) electrons. The molecule has 0 atom stereocenters. The average molecular weight is 202 g/mol. The average Bonchev–Trinajstić information content (AvgIpc) is 2.98. The Bertz CT molecular complexity index is 511. The summed E-state index contributed by atoms with van der Waals surface area (Å²) < 4.78 is 2.02. The molecule has 0 spiro atoms. The van der Waals surface area contributed by atoms with Crippen LogP contribution < -0.4 is 0 Å². The maximum absolute atomic E-state index is 9.44. The van der Waals surface area contributed by atoms with Gasteiger partial charge in [-0.1, -0.05) is 12.1 Å². The Kier molecular flexibility index (Phi) is 1.68. The Morgan fingerprint density at radius 2 is 2.27 bits per heavy atom. The first kappa shape index (κ1) is 8.92. The van der Waals surface area contributed by atoms with Gasteiger partial charge in [0.2, 0.25) is 0 Å². The van der Waals surface area contributed by atoms with Crippen molar-refractivity contribution in [2.24, 2.45) is 7.05 Å². The molecule has 0 amide bonds. The number of hydrogen-bond donors (Lipinski definition) is 1. The lowest BCUT2D eigenvalue weighted by atomic mass is 9.96. The molecule has 0 saturated heterocycles. The third-order valence-corrected chi connectivity index (χ3v) is 3.48. The summed E-state index contributed by atoms with van der Waals surface area (Å²) in [5.74, 6) is 0. The zero-order valence-electron chi connectivity index (χ0n) is 8.77. The maximum Gasteiger partial charge on any atom is 0.0955 e. The van der Waals surface area contributed by atoms with Crippen LogP contribution in [-0.2, 0) is 12.5 Å². The number of aromatic nitrogens is 2. The van der Waals surface area contributed by atoms with Crippen molar-refractivity contribution in [3.63, 3.8) is 0 Å². The zero-order chi connectivity index (χ0) is 10.5. The van der Waals surface area contributed by atoms with E-state index in [2.05, 4.69) is 23.2 Å². The largest absolute Gasteiger partial charge is 0.395 e. The SMILES string of the molecule is Cn1cnc2c(C3(CO)CC3)cccc21. The number of aliphatic hydroxyl groups is 1. The number of aryl methyl sites for hydroxylation is 1. The van der Waals surface area contributed by atoms with E-state index in [4.69, 9.17) is 0 Å². The van der Waals surface area contributed by atoms with Crippen LogP contribution >= 0.6 is 0 Å². The molecule has 3 rings (SSSR count). The molecule has 15 heavy (non-hydrogen) atoms. The Morgan fingerprint density at radius 1 is 1.47 bits per heavy atom. The zero-order valence-corrected chi connectivity index (χ0v) is 8.77. The highest BCUT2D eigenvalue weighted by molar-refractivity contribution is 5.80. The van der Waals surface area contributed by atoms with Gasteiger partial charge in [-0.15, -0.1) is 0 Å². The molecule has 1 aromatic carbocycles. The molecule has 1 fully saturated rings. The van der Waals surface area contributed by atoms with Gasteiger partial charge in [-0.2, -0.15) is 0 Å². The minimum atomic E-state index is 0.00780. The summed E-state index contributed by atoms with van der Waals surface area (Å²) in [4.78, 5) is 4.42. The summed E-state index contributed by atoms with van der Waals surface area (Å²) in [7, 11) is 2.00. The predicted molar refractivity (Wildman–Crippen MR) is 58.7 cm³/mol. The van der Waals surface area contributed by atoms with Crippen molar-refractivity contribution in [1.29, 1.82) is 0 Å². The van der Waals surface area contributed by atoms with Crippen LogP contribution in [0.1, 0.15) is 18.4 Å². The van der Waals surface area contributed by atoms with Crippen LogP contribution in [0.3, 0.4) is 0 Å². The number of aliphatic hydroxyl groups excluding tert-OH is 1. The summed E-state index contributed by atoms with van der Waals surface area (Å²) in [6.07, 6.45) is 4.00. The molecule has 1 saturated carbocycles. The van der Waals surface area contributed by atoms with Gasteiger partial charge in [0, 0.05) is 12.5 Å². The topological polar surface area (TPSA) is 38.0 Å². The monoisotopic (exact) mass is 202 g/mol. The van der Waals surface area contributed by atoms with E-state index >= 15 is 0 Å². The summed E-state index contributed by atoms with van der Waals surface area (Å²) in [5, 5.41) is 9.44. The Balaban J connectivity index is 2.27. The summed E-state index contributed by atoms with van der Waals surface area (Å²) in [5.41, 5.74) is 3.41. The minimum absolute atomic E-state index is 0.00780. The molecular formula is C12H14N2O. The van der Waals surface area contributed by atoms with Gasteiger partial charge in [-0.05, 0) is 24.5 Å². The van der Waals surface area contributed by atoms with Crippen LogP contribution in [0.25, 0.3) is 11.0 Å². The number of para-hydroxylation sites is 1. The molecule has 1 heterocycles. The second-order valence-electron chi connectivity index (χ2n) is 4.47. The standard InChI is InChI=1S/C12H14N2O/c1-14-8-13-11-9(3-2-4-10(11)14)12(7-15)5-6-12/h2-4,8,15H,5-7H2,1H3. The van der Waals surface area contributed by atoms with Crippen molar-refractivity contribution in [3.8, 4) is 0 Å². The molecule has 1 aliphatic carbocycles. The highest BCUT2D eigenvalue weighted by atomic mass is 16.3. The molecule has 78 valence electrons. The van der Waals surface area contributed by atoms with Gasteiger partial charge in [0.15, 0.2) is 0 Å². The van der Waals surface area contributed by atoms with Gasteiger partial charge in [-0.25, -0.2) is 4.98 Å². The van der Waals surface area contributed by atoms with E-state index in [1.165, 1.54) is 5.56 Å². The maximum atomic E-state index is 9.44. The molecule has 3 nitrogen and oxygen atoms in total. The van der Waals surface area contributed by atoms with Crippen molar-refractivity contribution >= 4 is 11.0 Å². The van der Waals surface area contributed by atoms with E-state index in [0.29, 0.717) is 0 Å². The van der Waals surface area contributed by atoms with Crippen molar-refractivity contribution < 1.29 is 5.11 Å². The van der Waals surface area contributed by atoms with Crippen LogP contribution in [0, 0.1) is 0 Å². The first-order valence-electron chi connectivity index (χ1n) is 5.28. The molecule has 1 aliphatic rings. The van der Waals surface area contributed by atoms with E-state index in [0.717, 1.165) is 23.9 Å². The lowest BCUT2D eigenvalue weighted by Gasteiger charge is -2.12. The molecule has 2 aromatic rings. The summed E-state index contributed by atoms with van der Waals surface area (Å²) in [6.45, 7) is 0.239. The quantitative estimate of drug-likeness (QED) is 0.803. The van der Waals surface area contributed by atoms with Gasteiger partial charge < -0.3 is 9.67 Å². The van der Waals surface area contributed by atoms with Gasteiger partial charge in [0.25, 0.3) is 0 Å². The normalized spacial score (nSPS) is 18.3. The fraction of sp³-hybridized carbons (Fsp3) is 0.417. The fourth-order valence-corrected chi connectivity index (χ4v) is 2.25. The fourth-order valence-electron chi connectivity index (χ4n) is 2.25. The van der Waals surface area contributed by atoms with Gasteiger partial charge in [-0.3, -0.25) is 0 Å². The van der Waals surface area contributed by atoms with Gasteiger partial charge in [0.05, 0.1) is 24.0 Å². The van der Waals surface area contributed by atoms with Crippen LogP contribution in [0.4, 0.5) is 0 Å². The third-order valence-electron chi connectivity index (χ3n) is 3.48. The van der Waals surface area contributed by atoms with Crippen LogP contribution in [0.15, 0.2) is 24.5 Å². The second-order valence-corrected chi connectivity index (χ2v) is 4.47. The van der Waals surface area contributed by atoms with Crippen LogP contribution in [0.5, 0.6) is 0 Å². The third kappa shape index (κ3) is 1.13. The second kappa shape index (κ2) is 2.83. The molecule has 1 aromatic heterocycles. The van der Waals surface area contributed by atoms with E-state index in [-0.39, 0.29) is 12.0 Å². The number of benzene rings is 1. The number of nitrogens with zero attached hydrogens (tertiary/aromatic N) is 2. The van der Waals surface area contributed by atoms with Crippen LogP contribution in [0.2, 0.25) is 0 Å². The number of fused-ring (bicyclic) bond motifs is 1. The smallest absolute Gasteiger partial charge is 0.0955 e. The van der Waals surface area contributed by atoms with Gasteiger partial charge in [0.1, 0.15) is 0 Å². The van der Waals surface area contributed by atoms with Gasteiger partial charge >= 0.3 is 0 Å². The number of imidazole rings is 1. The minimum Gasteiger partial charge on any atom is -0.395 e. The molecule has 0 unspecified atom stereocenters. The van der Waals surface area contributed by atoms with E-state index in [1.54, 1.807) is 0 Å². The van der Waals surface area contributed by atoms with E-state index in [9.17, 15) is 5.11 Å². The Morgan fingerprint density at radius 3 is 2.93 bits per heavy atom. The summed E-state index contributed by atoms with van der Waals surface area (Å²) >= 11 is 0. The number of rotatable bonds is 2. The Hall–Kier alpha value is -1.35. The molecule has 3 heteroatoms. The van der Waals surface area contributed by atoms with Crippen molar-refractivity contribution in [1.82, 2.24) is 9.55 Å². The first-order valence-corrected chi connectivity index (χ1v) is 5.28.